The van der Waals surface area contributed by atoms with Crippen molar-refractivity contribution in [2.75, 3.05) is 6.61 Å². The molecular weight excluding hydrogens is 209 g/mol. The third kappa shape index (κ3) is 2.93. The van der Waals surface area contributed by atoms with E-state index in [1.807, 2.05) is 0 Å². The fourth-order valence-corrected chi connectivity index (χ4v) is 1.39. The second kappa shape index (κ2) is 4.80. The van der Waals surface area contributed by atoms with Gasteiger partial charge in [-0.25, -0.2) is 4.39 Å². The molecule has 0 aliphatic heterocycles. The standard InChI is InChI=1S/C12H18FNO2/c1-4-16-10-6-5-8(7-9(10)13)11(15)12(2,3)14/h5-7,11,15H,4,14H2,1-3H3. The molecule has 0 radical (unpaired) electrons. The molecule has 1 aromatic carbocycles. The monoisotopic (exact) mass is 227 g/mol. The predicted octanol–water partition coefficient (Wildman–Crippen LogP) is 2.00. The summed E-state index contributed by atoms with van der Waals surface area (Å²) in [7, 11) is 0. The molecule has 0 heterocycles. The molecule has 90 valence electrons. The average molecular weight is 227 g/mol. The Kier molecular flexibility index (Phi) is 3.88. The summed E-state index contributed by atoms with van der Waals surface area (Å²) in [5.41, 5.74) is 5.40. The lowest BCUT2D eigenvalue weighted by Crippen LogP contribution is -2.39. The molecule has 1 unspecified atom stereocenters. The maximum absolute atomic E-state index is 13.5. The Morgan fingerprint density at radius 3 is 2.56 bits per heavy atom. The van der Waals surface area contributed by atoms with Gasteiger partial charge in [-0.2, -0.15) is 0 Å². The van der Waals surface area contributed by atoms with Crippen molar-refractivity contribution in [2.24, 2.45) is 5.73 Å². The van der Waals surface area contributed by atoms with Crippen molar-refractivity contribution in [1.82, 2.24) is 0 Å². The Balaban J connectivity index is 2.97. The Morgan fingerprint density at radius 1 is 1.50 bits per heavy atom. The Hall–Kier alpha value is -1.13. The molecule has 4 heteroatoms. The summed E-state index contributed by atoms with van der Waals surface area (Å²) >= 11 is 0. The van der Waals surface area contributed by atoms with Gasteiger partial charge in [0, 0.05) is 5.54 Å². The van der Waals surface area contributed by atoms with E-state index in [4.69, 9.17) is 10.5 Å². The molecule has 0 aliphatic rings. The van der Waals surface area contributed by atoms with Crippen LogP contribution >= 0.6 is 0 Å². The van der Waals surface area contributed by atoms with Crippen molar-refractivity contribution in [3.63, 3.8) is 0 Å². The minimum atomic E-state index is -0.905. The normalized spacial score (nSPS) is 13.6. The van der Waals surface area contributed by atoms with Crippen LogP contribution in [0.2, 0.25) is 0 Å². The maximum Gasteiger partial charge on any atom is 0.165 e. The van der Waals surface area contributed by atoms with Crippen molar-refractivity contribution in [3.05, 3.63) is 29.6 Å². The first-order valence-corrected chi connectivity index (χ1v) is 5.25. The van der Waals surface area contributed by atoms with Gasteiger partial charge in [-0.05, 0) is 38.5 Å². The molecule has 1 aromatic rings. The Bertz CT molecular complexity index is 361. The topological polar surface area (TPSA) is 55.5 Å². The van der Waals surface area contributed by atoms with E-state index < -0.39 is 17.5 Å². The lowest BCUT2D eigenvalue weighted by atomic mass is 9.92. The van der Waals surface area contributed by atoms with Crippen LogP contribution < -0.4 is 10.5 Å². The summed E-state index contributed by atoms with van der Waals surface area (Å²) < 4.78 is 18.6. The van der Waals surface area contributed by atoms with E-state index in [0.29, 0.717) is 12.2 Å². The summed E-state index contributed by atoms with van der Waals surface area (Å²) in [4.78, 5) is 0. The molecule has 0 spiro atoms. The number of benzene rings is 1. The van der Waals surface area contributed by atoms with Crippen molar-refractivity contribution in [3.8, 4) is 5.75 Å². The zero-order chi connectivity index (χ0) is 12.3. The first-order chi connectivity index (χ1) is 7.36. The fraction of sp³-hybridized carbons (Fsp3) is 0.500. The minimum absolute atomic E-state index is 0.188. The quantitative estimate of drug-likeness (QED) is 0.827. The number of rotatable bonds is 4. The summed E-state index contributed by atoms with van der Waals surface area (Å²) in [6.45, 7) is 5.56. The molecule has 1 atom stereocenters. The summed E-state index contributed by atoms with van der Waals surface area (Å²) in [6.07, 6.45) is -0.905. The number of ether oxygens (including phenoxy) is 1. The maximum atomic E-state index is 13.5. The van der Waals surface area contributed by atoms with Gasteiger partial charge in [-0.3, -0.25) is 0 Å². The molecule has 0 saturated carbocycles. The Morgan fingerprint density at radius 2 is 2.12 bits per heavy atom. The fourth-order valence-electron chi connectivity index (χ4n) is 1.39. The highest BCUT2D eigenvalue weighted by atomic mass is 19.1. The van der Waals surface area contributed by atoms with Gasteiger partial charge in [0.05, 0.1) is 12.7 Å². The SMILES string of the molecule is CCOc1ccc(C(O)C(C)(C)N)cc1F. The van der Waals surface area contributed by atoms with E-state index in [1.165, 1.54) is 12.1 Å². The van der Waals surface area contributed by atoms with E-state index in [-0.39, 0.29) is 5.75 Å². The van der Waals surface area contributed by atoms with Crippen LogP contribution in [0.3, 0.4) is 0 Å². The lowest BCUT2D eigenvalue weighted by Gasteiger charge is -2.26. The summed E-state index contributed by atoms with van der Waals surface area (Å²) in [5, 5.41) is 9.87. The lowest BCUT2D eigenvalue weighted by molar-refractivity contribution is 0.104. The molecule has 1 rings (SSSR count). The van der Waals surface area contributed by atoms with Crippen molar-refractivity contribution >= 4 is 0 Å². The smallest absolute Gasteiger partial charge is 0.165 e. The molecular formula is C12H18FNO2. The van der Waals surface area contributed by atoms with Crippen LogP contribution in [-0.4, -0.2) is 17.3 Å². The number of hydrogen-bond donors (Lipinski definition) is 2. The second-order valence-corrected chi connectivity index (χ2v) is 4.35. The van der Waals surface area contributed by atoms with Gasteiger partial charge in [0.1, 0.15) is 0 Å². The van der Waals surface area contributed by atoms with Gasteiger partial charge >= 0.3 is 0 Å². The number of halogens is 1. The van der Waals surface area contributed by atoms with Crippen LogP contribution in [0.25, 0.3) is 0 Å². The molecule has 3 nitrogen and oxygen atoms in total. The summed E-state index contributed by atoms with van der Waals surface area (Å²) in [5.74, 6) is -0.295. The third-order valence-corrected chi connectivity index (χ3v) is 2.28. The van der Waals surface area contributed by atoms with Gasteiger partial charge in [-0.1, -0.05) is 6.07 Å². The first kappa shape index (κ1) is 12.9. The van der Waals surface area contributed by atoms with Gasteiger partial charge in [0.25, 0.3) is 0 Å². The summed E-state index contributed by atoms with van der Waals surface area (Å²) in [6, 6.07) is 4.38. The molecule has 0 fully saturated rings. The molecule has 0 bridgehead atoms. The second-order valence-electron chi connectivity index (χ2n) is 4.35. The van der Waals surface area contributed by atoms with Crippen molar-refractivity contribution in [1.29, 1.82) is 0 Å². The van der Waals surface area contributed by atoms with Crippen molar-refractivity contribution < 1.29 is 14.2 Å². The van der Waals surface area contributed by atoms with Crippen molar-refractivity contribution in [2.45, 2.75) is 32.4 Å². The minimum Gasteiger partial charge on any atom is -0.491 e. The number of aliphatic hydroxyl groups excluding tert-OH is 1. The van der Waals surface area contributed by atoms with E-state index in [1.54, 1.807) is 26.8 Å². The van der Waals surface area contributed by atoms with Crippen LogP contribution in [0, 0.1) is 5.82 Å². The van der Waals surface area contributed by atoms with E-state index in [2.05, 4.69) is 0 Å². The molecule has 0 saturated heterocycles. The van der Waals surface area contributed by atoms with Crippen LogP contribution in [0.15, 0.2) is 18.2 Å². The highest BCUT2D eigenvalue weighted by molar-refractivity contribution is 5.31. The molecule has 16 heavy (non-hydrogen) atoms. The van der Waals surface area contributed by atoms with E-state index in [0.717, 1.165) is 0 Å². The number of nitrogens with two attached hydrogens (primary N) is 1. The van der Waals surface area contributed by atoms with Crippen LogP contribution in [0.5, 0.6) is 5.75 Å². The number of aliphatic hydroxyl groups is 1. The Labute approximate surface area is 95.0 Å². The van der Waals surface area contributed by atoms with Crippen LogP contribution in [0.1, 0.15) is 32.4 Å². The molecule has 0 aromatic heterocycles. The highest BCUT2D eigenvalue weighted by Crippen LogP contribution is 2.27. The zero-order valence-corrected chi connectivity index (χ0v) is 9.83. The average Bonchev–Trinajstić information content (AvgIpc) is 2.19. The predicted molar refractivity (Wildman–Crippen MR) is 60.8 cm³/mol. The van der Waals surface area contributed by atoms with Crippen LogP contribution in [0.4, 0.5) is 4.39 Å². The molecule has 0 aliphatic carbocycles. The van der Waals surface area contributed by atoms with Gasteiger partial charge in [-0.15, -0.1) is 0 Å². The highest BCUT2D eigenvalue weighted by Gasteiger charge is 2.25. The zero-order valence-electron chi connectivity index (χ0n) is 9.83. The largest absolute Gasteiger partial charge is 0.491 e. The van der Waals surface area contributed by atoms with E-state index in [9.17, 15) is 9.50 Å². The van der Waals surface area contributed by atoms with E-state index >= 15 is 0 Å². The van der Waals surface area contributed by atoms with Gasteiger partial charge in [0.2, 0.25) is 0 Å². The molecule has 0 amide bonds. The van der Waals surface area contributed by atoms with Gasteiger partial charge in [0.15, 0.2) is 11.6 Å². The third-order valence-electron chi connectivity index (χ3n) is 2.28. The van der Waals surface area contributed by atoms with Crippen LogP contribution in [-0.2, 0) is 0 Å². The molecule has 3 N–H and O–H groups in total. The first-order valence-electron chi connectivity index (χ1n) is 5.25. The number of hydrogen-bond acceptors (Lipinski definition) is 3. The van der Waals surface area contributed by atoms with Gasteiger partial charge < -0.3 is 15.6 Å².